The molecular formula is C16H55Cl3Na4O7S2. The molecule has 0 aliphatic heterocycles. The minimum atomic E-state index is -0.299. The molecule has 0 aromatic rings. The average Bonchev–Trinajstić information content (AvgIpc) is 2.37. The zero-order valence-corrected chi connectivity index (χ0v) is 30.5. The first kappa shape index (κ1) is 119. The first-order valence-electron chi connectivity index (χ1n) is 6.19. The quantitative estimate of drug-likeness (QED) is 0.179. The molecule has 0 fully saturated rings. The van der Waals surface area contributed by atoms with Crippen LogP contribution in [0.1, 0.15) is 72.6 Å². The molecule has 0 saturated heterocycles. The van der Waals surface area contributed by atoms with E-state index < -0.39 is 0 Å². The van der Waals surface area contributed by atoms with E-state index in [1.807, 2.05) is 20.8 Å². The third-order valence-electron chi connectivity index (χ3n) is 2.21. The number of aliphatic hydroxyl groups is 3. The van der Waals surface area contributed by atoms with Crippen LogP contribution in [0.15, 0.2) is 0 Å². The van der Waals surface area contributed by atoms with Gasteiger partial charge in [0.15, 0.2) is 0 Å². The van der Waals surface area contributed by atoms with Gasteiger partial charge in [0.2, 0.25) is 0 Å². The van der Waals surface area contributed by atoms with E-state index in [9.17, 15) is 0 Å². The molecule has 0 rings (SSSR count). The van der Waals surface area contributed by atoms with Crippen molar-refractivity contribution >= 4 is 49.3 Å². The van der Waals surface area contributed by atoms with Crippen LogP contribution in [-0.4, -0.2) is 72.9 Å². The average molecular weight is 622 g/mol. The SMILES string of the molecule is C.C.C.C.CCC(O)CCl.CCC(O)CSCC(O)CC.Cl.O.O.O.S.[Cl-].[H-].[H-].[Na+].[Na+].[Na+].[Na+].[OH-]. The maximum Gasteiger partial charge on any atom is 1.00 e. The summed E-state index contributed by atoms with van der Waals surface area (Å²) < 4.78 is 0. The van der Waals surface area contributed by atoms with E-state index in [1.165, 1.54) is 0 Å². The summed E-state index contributed by atoms with van der Waals surface area (Å²) in [5, 5.41) is 26.8. The van der Waals surface area contributed by atoms with Crippen molar-refractivity contribution in [1.29, 1.82) is 0 Å². The molecule has 198 valence electrons. The summed E-state index contributed by atoms with van der Waals surface area (Å²) in [5.74, 6) is 1.84. The van der Waals surface area contributed by atoms with E-state index in [2.05, 4.69) is 0 Å². The Bertz CT molecular complexity index is 187. The van der Waals surface area contributed by atoms with Crippen LogP contribution in [0.25, 0.3) is 0 Å². The molecule has 3 unspecified atom stereocenters. The maximum atomic E-state index is 9.14. The topological polar surface area (TPSA) is 185 Å². The Balaban J connectivity index is -0.00000000541. The zero-order chi connectivity index (χ0) is 13.7. The molecule has 0 aliphatic rings. The Kier molecular flexibility index (Phi) is 372. The van der Waals surface area contributed by atoms with E-state index in [-0.39, 0.29) is 229 Å². The van der Waals surface area contributed by atoms with Gasteiger partial charge in [-0.3, -0.25) is 0 Å². The molecule has 16 heteroatoms. The van der Waals surface area contributed by atoms with Crippen molar-refractivity contribution in [3.8, 4) is 0 Å². The number of alkyl halides is 1. The number of halogens is 3. The number of hydrogen-bond donors (Lipinski definition) is 3. The zero-order valence-electron chi connectivity index (χ0n) is 20.3. The molecule has 0 aliphatic carbocycles. The smallest absolute Gasteiger partial charge is 1.00 e. The van der Waals surface area contributed by atoms with Crippen LogP contribution in [0, 0.1) is 0 Å². The van der Waals surface area contributed by atoms with Crippen molar-refractivity contribution in [2.45, 2.75) is 88.1 Å². The van der Waals surface area contributed by atoms with E-state index in [0.717, 1.165) is 30.8 Å². The van der Waals surface area contributed by atoms with Crippen molar-refractivity contribution in [2.75, 3.05) is 17.4 Å². The van der Waals surface area contributed by atoms with E-state index in [4.69, 9.17) is 26.9 Å². The van der Waals surface area contributed by atoms with Gasteiger partial charge in [0.05, 0.1) is 18.3 Å². The van der Waals surface area contributed by atoms with Crippen molar-refractivity contribution in [1.82, 2.24) is 0 Å². The van der Waals surface area contributed by atoms with Gasteiger partial charge in [-0.05, 0) is 19.3 Å². The molecule has 0 spiro atoms. The molecule has 0 bridgehead atoms. The summed E-state index contributed by atoms with van der Waals surface area (Å²) in [5.41, 5.74) is 0. The molecule has 0 amide bonds. The van der Waals surface area contributed by atoms with Crippen LogP contribution in [-0.2, 0) is 0 Å². The van der Waals surface area contributed by atoms with Crippen LogP contribution in [0.2, 0.25) is 0 Å². The molecule has 32 heavy (non-hydrogen) atoms. The van der Waals surface area contributed by atoms with Crippen LogP contribution >= 0.6 is 49.3 Å². The first-order chi connectivity index (χ1) is 8.01. The molecular weight excluding hydrogens is 567 g/mol. The van der Waals surface area contributed by atoms with Gasteiger partial charge < -0.3 is 52.5 Å². The van der Waals surface area contributed by atoms with Crippen LogP contribution in [0.5, 0.6) is 0 Å². The fraction of sp³-hybridized carbons (Fsp3) is 1.00. The van der Waals surface area contributed by atoms with E-state index >= 15 is 0 Å². The third kappa shape index (κ3) is 112. The molecule has 7 nitrogen and oxygen atoms in total. The van der Waals surface area contributed by atoms with Gasteiger partial charge in [-0.2, -0.15) is 25.3 Å². The minimum absolute atomic E-state index is 0. The molecule has 0 radical (unpaired) electrons. The van der Waals surface area contributed by atoms with Crippen LogP contribution in [0.3, 0.4) is 0 Å². The number of aliphatic hydroxyl groups excluding tert-OH is 3. The second kappa shape index (κ2) is 99.7. The molecule has 10 N–H and O–H groups in total. The molecule has 0 saturated carbocycles. The van der Waals surface area contributed by atoms with Gasteiger partial charge in [-0.25, -0.2) is 0 Å². The number of thioether (sulfide) groups is 1. The molecule has 0 heterocycles. The van der Waals surface area contributed by atoms with Crippen LogP contribution in [0.4, 0.5) is 0 Å². The van der Waals surface area contributed by atoms with Crippen molar-refractivity contribution in [2.24, 2.45) is 0 Å². The predicted octanol–water partition coefficient (Wildman–Crippen LogP) is -12.1. The summed E-state index contributed by atoms with van der Waals surface area (Å²) in [6.45, 7) is 5.82. The van der Waals surface area contributed by atoms with Crippen molar-refractivity contribution < 1.29 is 171 Å². The summed E-state index contributed by atoms with van der Waals surface area (Å²) in [6.07, 6.45) is 1.65. The maximum absolute atomic E-state index is 9.14. The molecule has 0 aromatic heterocycles. The molecule has 0 aromatic carbocycles. The fourth-order valence-electron chi connectivity index (χ4n) is 0.685. The van der Waals surface area contributed by atoms with Crippen molar-refractivity contribution in [3.05, 3.63) is 0 Å². The van der Waals surface area contributed by atoms with Gasteiger partial charge in [0.25, 0.3) is 0 Å². The van der Waals surface area contributed by atoms with Gasteiger partial charge >= 0.3 is 118 Å². The standard InChI is InChI=1S/C8H18O2S.C4H9ClO.4CH4.2ClH.4Na.4H2O.H2S.2H/c1-3-7(9)5-11-6-8(10)4-2;1-2-4(6)3-5;;;;;;;;;;;;;;;;;/h7-10H,3-6H2,1-2H3;4,6H,2-3H2,1H3;4*1H4;2*1H;;;;;5*1H2;;/q;;;;;;;;4*+1;;;;;;2*-1/p-2. The predicted molar refractivity (Wildman–Crippen MR) is 136 cm³/mol. The Morgan fingerprint density at radius 1 is 0.688 bits per heavy atom. The largest absolute Gasteiger partial charge is 1.00 e. The number of rotatable bonds is 8. The Labute approximate surface area is 320 Å². The van der Waals surface area contributed by atoms with Crippen LogP contribution < -0.4 is 131 Å². The van der Waals surface area contributed by atoms with E-state index in [1.54, 1.807) is 11.8 Å². The Morgan fingerprint density at radius 2 is 0.875 bits per heavy atom. The Hall–Kier alpha value is 5.29. The monoisotopic (exact) mass is 620 g/mol. The Morgan fingerprint density at radius 3 is 0.969 bits per heavy atom. The van der Waals surface area contributed by atoms with Gasteiger partial charge in [0.1, 0.15) is 0 Å². The normalized spacial score (nSPS) is 8.34. The summed E-state index contributed by atoms with van der Waals surface area (Å²) >= 11 is 6.82. The van der Waals surface area contributed by atoms with Gasteiger partial charge in [-0.1, -0.05) is 50.5 Å². The minimum Gasteiger partial charge on any atom is -1.00 e. The summed E-state index contributed by atoms with van der Waals surface area (Å²) in [4.78, 5) is 0. The van der Waals surface area contributed by atoms with Gasteiger partial charge in [-0.15, -0.1) is 24.0 Å². The molecule has 3 atom stereocenters. The van der Waals surface area contributed by atoms with E-state index in [0.29, 0.717) is 5.88 Å². The number of hydrogen-bond acceptors (Lipinski definition) is 5. The second-order valence-corrected chi connectivity index (χ2v) is 5.26. The third-order valence-corrected chi connectivity index (χ3v) is 3.81. The van der Waals surface area contributed by atoms with Gasteiger partial charge in [0, 0.05) is 17.4 Å². The van der Waals surface area contributed by atoms with Crippen molar-refractivity contribution in [3.63, 3.8) is 0 Å². The summed E-state index contributed by atoms with van der Waals surface area (Å²) in [6, 6.07) is 0. The fourth-order valence-corrected chi connectivity index (χ4v) is 2.05. The second-order valence-electron chi connectivity index (χ2n) is 3.88. The summed E-state index contributed by atoms with van der Waals surface area (Å²) in [7, 11) is 0. The first-order valence-corrected chi connectivity index (χ1v) is 7.88.